The number of halogens is 1. The topological polar surface area (TPSA) is 58.6 Å². The second-order valence-electron chi connectivity index (χ2n) is 7.30. The maximum absolute atomic E-state index is 13.6. The van der Waals surface area contributed by atoms with Crippen molar-refractivity contribution in [3.8, 4) is 0 Å². The van der Waals surface area contributed by atoms with Gasteiger partial charge in [0, 0.05) is 18.5 Å². The maximum atomic E-state index is 13.6. The predicted octanol–water partition coefficient (Wildman–Crippen LogP) is 4.49. The first kappa shape index (κ1) is 22.2. The third-order valence-corrected chi connectivity index (χ3v) is 4.71. The van der Waals surface area contributed by atoms with Crippen molar-refractivity contribution in [2.45, 2.75) is 19.9 Å². The molecule has 0 aliphatic carbocycles. The summed E-state index contributed by atoms with van der Waals surface area (Å²) in [5, 5.41) is 2.89. The average molecular weight is 420 g/mol. The average Bonchev–Trinajstić information content (AvgIpc) is 2.73. The monoisotopic (exact) mass is 420 g/mol. The molecule has 5 nitrogen and oxygen atoms in total. The van der Waals surface area contributed by atoms with Crippen LogP contribution in [-0.4, -0.2) is 25.5 Å². The number of hydrogen-bond acceptors (Lipinski definition) is 3. The van der Waals surface area contributed by atoms with E-state index in [4.69, 9.17) is 4.74 Å². The summed E-state index contributed by atoms with van der Waals surface area (Å²) >= 11 is 0. The summed E-state index contributed by atoms with van der Waals surface area (Å²) in [6.07, 6.45) is 0.212. The Morgan fingerprint density at radius 2 is 1.71 bits per heavy atom. The van der Waals surface area contributed by atoms with E-state index in [-0.39, 0.29) is 37.2 Å². The first-order valence-corrected chi connectivity index (χ1v) is 9.94. The zero-order valence-electron chi connectivity index (χ0n) is 17.6. The highest BCUT2D eigenvalue weighted by atomic mass is 19.1. The second kappa shape index (κ2) is 10.5. The largest absolute Gasteiger partial charge is 0.375 e. The van der Waals surface area contributed by atoms with Crippen LogP contribution in [0.1, 0.15) is 16.7 Å². The van der Waals surface area contributed by atoms with E-state index in [2.05, 4.69) is 5.32 Å². The highest BCUT2D eigenvalue weighted by Crippen LogP contribution is 2.20. The molecule has 31 heavy (non-hydrogen) atoms. The Labute approximate surface area is 181 Å². The number of anilines is 2. The van der Waals surface area contributed by atoms with Crippen molar-refractivity contribution < 1.29 is 18.7 Å². The maximum Gasteiger partial charge on any atom is 0.253 e. The molecule has 160 valence electrons. The second-order valence-corrected chi connectivity index (χ2v) is 7.30. The molecule has 3 rings (SSSR count). The number of nitrogens with one attached hydrogen (secondary N) is 1. The van der Waals surface area contributed by atoms with Crippen molar-refractivity contribution in [3.63, 3.8) is 0 Å². The Balaban J connectivity index is 1.71. The molecule has 0 heterocycles. The van der Waals surface area contributed by atoms with E-state index in [1.165, 1.54) is 24.1 Å². The van der Waals surface area contributed by atoms with Crippen molar-refractivity contribution in [3.05, 3.63) is 95.3 Å². The predicted molar refractivity (Wildman–Crippen MR) is 119 cm³/mol. The van der Waals surface area contributed by atoms with E-state index in [1.54, 1.807) is 24.3 Å². The lowest BCUT2D eigenvalue weighted by Gasteiger charge is -2.23. The van der Waals surface area contributed by atoms with Gasteiger partial charge in [-0.25, -0.2) is 4.39 Å². The third kappa shape index (κ3) is 6.49. The first-order chi connectivity index (χ1) is 14.9. The van der Waals surface area contributed by atoms with Crippen LogP contribution in [0.3, 0.4) is 0 Å². The van der Waals surface area contributed by atoms with Crippen LogP contribution in [0.5, 0.6) is 0 Å². The molecule has 0 aromatic heterocycles. The molecule has 0 atom stereocenters. The standard InChI is InChI=1S/C25H25FN2O3/c1-18-5-3-8-22(13-18)27-24(29)15-19-9-11-23(12-10-19)28(25(30)17-31-2)16-20-6-4-7-21(26)14-20/h3-14H,15-17H2,1-2H3,(H,27,29). The smallest absolute Gasteiger partial charge is 0.253 e. The van der Waals surface area contributed by atoms with Crippen LogP contribution in [0, 0.1) is 12.7 Å². The third-order valence-electron chi connectivity index (χ3n) is 4.71. The minimum absolute atomic E-state index is 0.0873. The van der Waals surface area contributed by atoms with E-state index in [0.717, 1.165) is 16.8 Å². The molecular weight excluding hydrogens is 395 g/mol. The van der Waals surface area contributed by atoms with Gasteiger partial charge in [0.2, 0.25) is 5.91 Å². The van der Waals surface area contributed by atoms with Crippen LogP contribution >= 0.6 is 0 Å². The Kier molecular flexibility index (Phi) is 7.51. The summed E-state index contributed by atoms with van der Waals surface area (Å²) in [7, 11) is 1.45. The summed E-state index contributed by atoms with van der Waals surface area (Å²) in [5.41, 5.74) is 3.97. The van der Waals surface area contributed by atoms with Gasteiger partial charge in [-0.15, -0.1) is 0 Å². The van der Waals surface area contributed by atoms with Gasteiger partial charge in [-0.05, 0) is 60.0 Å². The first-order valence-electron chi connectivity index (χ1n) is 9.94. The molecule has 1 N–H and O–H groups in total. The highest BCUT2D eigenvalue weighted by Gasteiger charge is 2.17. The molecule has 0 unspecified atom stereocenters. The molecule has 0 saturated carbocycles. The Bertz CT molecular complexity index is 1050. The quantitative estimate of drug-likeness (QED) is 0.584. The minimum Gasteiger partial charge on any atom is -0.375 e. The lowest BCUT2D eigenvalue weighted by molar-refractivity contribution is -0.122. The number of carbonyl (C=O) groups excluding carboxylic acids is 2. The number of carbonyl (C=O) groups is 2. The molecule has 0 saturated heterocycles. The molecular formula is C25H25FN2O3. The minimum atomic E-state index is -0.355. The molecule has 0 radical (unpaired) electrons. The lowest BCUT2D eigenvalue weighted by Crippen LogP contribution is -2.33. The molecule has 0 spiro atoms. The van der Waals surface area contributed by atoms with Gasteiger partial charge in [-0.1, -0.05) is 36.4 Å². The number of amides is 2. The van der Waals surface area contributed by atoms with Crippen LogP contribution in [-0.2, 0) is 27.3 Å². The summed E-state index contributed by atoms with van der Waals surface area (Å²) in [6, 6.07) is 20.9. The number of ether oxygens (including phenoxy) is 1. The van der Waals surface area contributed by atoms with Crippen LogP contribution < -0.4 is 10.2 Å². The van der Waals surface area contributed by atoms with E-state index in [9.17, 15) is 14.0 Å². The molecule has 0 aliphatic rings. The summed E-state index contributed by atoms with van der Waals surface area (Å²) < 4.78 is 18.5. The van der Waals surface area contributed by atoms with Gasteiger partial charge in [0.1, 0.15) is 12.4 Å². The van der Waals surface area contributed by atoms with Crippen molar-refractivity contribution in [2.24, 2.45) is 0 Å². The van der Waals surface area contributed by atoms with E-state index >= 15 is 0 Å². The van der Waals surface area contributed by atoms with Gasteiger partial charge in [0.15, 0.2) is 0 Å². The van der Waals surface area contributed by atoms with Gasteiger partial charge in [-0.3, -0.25) is 9.59 Å². The van der Waals surface area contributed by atoms with Gasteiger partial charge in [0.25, 0.3) is 5.91 Å². The molecule has 3 aromatic rings. The van der Waals surface area contributed by atoms with Gasteiger partial charge in [0.05, 0.1) is 13.0 Å². The fourth-order valence-electron chi connectivity index (χ4n) is 3.25. The number of hydrogen-bond donors (Lipinski definition) is 1. The Morgan fingerprint density at radius 3 is 2.39 bits per heavy atom. The number of benzene rings is 3. The highest BCUT2D eigenvalue weighted by molar-refractivity contribution is 5.95. The Hall–Kier alpha value is -3.51. The van der Waals surface area contributed by atoms with Crippen molar-refractivity contribution in [1.29, 1.82) is 0 Å². The summed E-state index contributed by atoms with van der Waals surface area (Å²) in [6.45, 7) is 2.10. The SMILES string of the molecule is COCC(=O)N(Cc1cccc(F)c1)c1ccc(CC(=O)Nc2cccc(C)c2)cc1. The van der Waals surface area contributed by atoms with Gasteiger partial charge in [-0.2, -0.15) is 0 Å². The van der Waals surface area contributed by atoms with Crippen LogP contribution in [0.15, 0.2) is 72.8 Å². The normalized spacial score (nSPS) is 10.5. The molecule has 6 heteroatoms. The lowest BCUT2D eigenvalue weighted by atomic mass is 10.1. The number of aryl methyl sites for hydroxylation is 1. The van der Waals surface area contributed by atoms with Crippen LogP contribution in [0.4, 0.5) is 15.8 Å². The summed E-state index contributed by atoms with van der Waals surface area (Å²) in [5.74, 6) is -0.714. The number of methoxy groups -OCH3 is 1. The van der Waals surface area contributed by atoms with Crippen LogP contribution in [0.2, 0.25) is 0 Å². The molecule has 0 aliphatic heterocycles. The molecule has 0 bridgehead atoms. The van der Waals surface area contributed by atoms with Crippen LogP contribution in [0.25, 0.3) is 0 Å². The van der Waals surface area contributed by atoms with Crippen molar-refractivity contribution in [1.82, 2.24) is 0 Å². The van der Waals surface area contributed by atoms with E-state index in [0.29, 0.717) is 11.3 Å². The van der Waals surface area contributed by atoms with E-state index < -0.39 is 0 Å². The molecule has 0 fully saturated rings. The molecule has 3 aromatic carbocycles. The van der Waals surface area contributed by atoms with E-state index in [1.807, 2.05) is 43.3 Å². The number of rotatable bonds is 8. The fourth-order valence-corrected chi connectivity index (χ4v) is 3.25. The Morgan fingerprint density at radius 1 is 0.968 bits per heavy atom. The molecule has 2 amide bonds. The number of nitrogens with zero attached hydrogens (tertiary/aromatic N) is 1. The van der Waals surface area contributed by atoms with Crippen molar-refractivity contribution >= 4 is 23.2 Å². The van der Waals surface area contributed by atoms with Crippen molar-refractivity contribution in [2.75, 3.05) is 23.9 Å². The fraction of sp³-hybridized carbons (Fsp3) is 0.200. The summed E-state index contributed by atoms with van der Waals surface area (Å²) in [4.78, 5) is 26.5. The zero-order valence-corrected chi connectivity index (χ0v) is 17.6. The van der Waals surface area contributed by atoms with Gasteiger partial charge < -0.3 is 15.0 Å². The zero-order chi connectivity index (χ0) is 22.2. The van der Waals surface area contributed by atoms with Gasteiger partial charge >= 0.3 is 0 Å².